The van der Waals surface area contributed by atoms with Crippen LogP contribution in [0, 0.1) is 6.92 Å². The quantitative estimate of drug-likeness (QED) is 0.646. The van der Waals surface area contributed by atoms with Crippen molar-refractivity contribution in [2.75, 3.05) is 5.88 Å². The summed E-state index contributed by atoms with van der Waals surface area (Å²) in [4.78, 5) is 0. The number of rotatable bonds is 2. The van der Waals surface area contributed by atoms with Gasteiger partial charge in [-0.2, -0.15) is 5.10 Å². The van der Waals surface area contributed by atoms with Gasteiger partial charge in [0.05, 0.1) is 6.20 Å². The standard InChI is InChI=1S/C9H13ClN2/c1-7(5-10)4-9-6-11-12(3)8(9)2/h4,6H,5H2,1-3H3. The Balaban J connectivity index is 2.97. The fourth-order valence-electron chi connectivity index (χ4n) is 0.961. The van der Waals surface area contributed by atoms with Gasteiger partial charge in [-0.3, -0.25) is 4.68 Å². The van der Waals surface area contributed by atoms with E-state index < -0.39 is 0 Å². The molecule has 0 N–H and O–H groups in total. The van der Waals surface area contributed by atoms with Gasteiger partial charge in [0, 0.05) is 24.2 Å². The zero-order chi connectivity index (χ0) is 9.14. The molecule has 66 valence electrons. The molecule has 2 nitrogen and oxygen atoms in total. The molecule has 12 heavy (non-hydrogen) atoms. The lowest BCUT2D eigenvalue weighted by Crippen LogP contribution is -1.92. The molecule has 1 aromatic rings. The summed E-state index contributed by atoms with van der Waals surface area (Å²) in [6.45, 7) is 4.06. The maximum absolute atomic E-state index is 5.67. The zero-order valence-corrected chi connectivity index (χ0v) is 8.39. The molecule has 0 spiro atoms. The first-order valence-electron chi connectivity index (χ1n) is 3.87. The lowest BCUT2D eigenvalue weighted by molar-refractivity contribution is 0.740. The van der Waals surface area contributed by atoms with E-state index >= 15 is 0 Å². The van der Waals surface area contributed by atoms with Gasteiger partial charge in [-0.15, -0.1) is 11.6 Å². The van der Waals surface area contributed by atoms with Gasteiger partial charge < -0.3 is 0 Å². The normalized spacial score (nSPS) is 12.2. The fourth-order valence-corrected chi connectivity index (χ4v) is 1.04. The molecule has 0 amide bonds. The van der Waals surface area contributed by atoms with Crippen LogP contribution < -0.4 is 0 Å². The summed E-state index contributed by atoms with van der Waals surface area (Å²) in [5.74, 6) is 0.578. The molecule has 0 aliphatic rings. The molecular formula is C9H13ClN2. The molecule has 0 atom stereocenters. The van der Waals surface area contributed by atoms with Gasteiger partial charge in [-0.25, -0.2) is 0 Å². The third-order valence-corrected chi connectivity index (χ3v) is 2.31. The predicted molar refractivity (Wildman–Crippen MR) is 52.3 cm³/mol. The van der Waals surface area contributed by atoms with Gasteiger partial charge in [-0.05, 0) is 13.8 Å². The van der Waals surface area contributed by atoms with E-state index in [-0.39, 0.29) is 0 Å². The molecule has 1 rings (SSSR count). The molecule has 0 unspecified atom stereocenters. The largest absolute Gasteiger partial charge is 0.272 e. The monoisotopic (exact) mass is 184 g/mol. The summed E-state index contributed by atoms with van der Waals surface area (Å²) in [6.07, 6.45) is 3.92. The Bertz CT molecular complexity index is 299. The van der Waals surface area contributed by atoms with Crippen molar-refractivity contribution >= 4 is 17.7 Å². The number of hydrogen-bond acceptors (Lipinski definition) is 1. The maximum atomic E-state index is 5.67. The van der Waals surface area contributed by atoms with Crippen LogP contribution in [-0.4, -0.2) is 15.7 Å². The minimum Gasteiger partial charge on any atom is -0.272 e. The number of aromatic nitrogens is 2. The van der Waals surface area contributed by atoms with Crippen molar-refractivity contribution < 1.29 is 0 Å². The van der Waals surface area contributed by atoms with E-state index in [0.29, 0.717) is 5.88 Å². The van der Waals surface area contributed by atoms with Crippen LogP contribution in [0.1, 0.15) is 18.2 Å². The third kappa shape index (κ3) is 1.89. The highest BCUT2D eigenvalue weighted by Crippen LogP contribution is 2.11. The lowest BCUT2D eigenvalue weighted by atomic mass is 10.2. The Morgan fingerprint density at radius 3 is 2.83 bits per heavy atom. The summed E-state index contributed by atoms with van der Waals surface area (Å²) < 4.78 is 1.85. The molecule has 0 radical (unpaired) electrons. The van der Waals surface area contributed by atoms with Crippen LogP contribution in [0.5, 0.6) is 0 Å². The van der Waals surface area contributed by atoms with Crippen LogP contribution in [0.3, 0.4) is 0 Å². The Hall–Kier alpha value is -0.760. The average molecular weight is 185 g/mol. The minimum absolute atomic E-state index is 0.578. The zero-order valence-electron chi connectivity index (χ0n) is 7.63. The Morgan fingerprint density at radius 2 is 2.42 bits per heavy atom. The second-order valence-electron chi connectivity index (χ2n) is 2.93. The first kappa shape index (κ1) is 9.33. The second-order valence-corrected chi connectivity index (χ2v) is 3.20. The average Bonchev–Trinajstić information content (AvgIpc) is 2.36. The number of halogens is 1. The van der Waals surface area contributed by atoms with Crippen molar-refractivity contribution in [2.24, 2.45) is 7.05 Å². The highest BCUT2D eigenvalue weighted by atomic mass is 35.5. The summed E-state index contributed by atoms with van der Waals surface area (Å²) >= 11 is 5.67. The van der Waals surface area contributed by atoms with Crippen molar-refractivity contribution in [3.05, 3.63) is 23.0 Å². The predicted octanol–water partition coefficient (Wildman–Crippen LogP) is 2.37. The van der Waals surface area contributed by atoms with Crippen LogP contribution in [0.25, 0.3) is 6.08 Å². The molecule has 0 aromatic carbocycles. The molecule has 1 heterocycles. The second kappa shape index (κ2) is 3.76. The number of alkyl halides is 1. The van der Waals surface area contributed by atoms with E-state index in [9.17, 15) is 0 Å². The van der Waals surface area contributed by atoms with E-state index in [0.717, 1.165) is 11.1 Å². The van der Waals surface area contributed by atoms with Crippen molar-refractivity contribution in [2.45, 2.75) is 13.8 Å². The van der Waals surface area contributed by atoms with Gasteiger partial charge >= 0.3 is 0 Å². The molecule has 0 aliphatic carbocycles. The smallest absolute Gasteiger partial charge is 0.0564 e. The van der Waals surface area contributed by atoms with Crippen molar-refractivity contribution in [1.82, 2.24) is 9.78 Å². The van der Waals surface area contributed by atoms with E-state index in [2.05, 4.69) is 11.2 Å². The van der Waals surface area contributed by atoms with E-state index in [4.69, 9.17) is 11.6 Å². The maximum Gasteiger partial charge on any atom is 0.0564 e. The fraction of sp³-hybridized carbons (Fsp3) is 0.444. The van der Waals surface area contributed by atoms with Gasteiger partial charge in [-0.1, -0.05) is 11.6 Å². The molecule has 1 aromatic heterocycles. The summed E-state index contributed by atoms with van der Waals surface area (Å²) in [5, 5.41) is 4.13. The van der Waals surface area contributed by atoms with Gasteiger partial charge in [0.1, 0.15) is 0 Å². The molecule has 0 saturated heterocycles. The van der Waals surface area contributed by atoms with Crippen LogP contribution in [-0.2, 0) is 7.05 Å². The third-order valence-electron chi connectivity index (χ3n) is 1.89. The molecule has 0 fully saturated rings. The first-order chi connectivity index (χ1) is 5.65. The highest BCUT2D eigenvalue weighted by molar-refractivity contribution is 6.19. The summed E-state index contributed by atoms with van der Waals surface area (Å²) in [5.41, 5.74) is 3.47. The van der Waals surface area contributed by atoms with E-state index in [1.807, 2.05) is 31.8 Å². The van der Waals surface area contributed by atoms with Crippen molar-refractivity contribution in [1.29, 1.82) is 0 Å². The Labute approximate surface area is 77.8 Å². The molecule has 0 saturated carbocycles. The Morgan fingerprint density at radius 1 is 1.75 bits per heavy atom. The van der Waals surface area contributed by atoms with Gasteiger partial charge in [0.15, 0.2) is 0 Å². The van der Waals surface area contributed by atoms with Crippen LogP contribution in [0.2, 0.25) is 0 Å². The van der Waals surface area contributed by atoms with Crippen LogP contribution in [0.15, 0.2) is 11.8 Å². The van der Waals surface area contributed by atoms with Crippen molar-refractivity contribution in [3.8, 4) is 0 Å². The SMILES string of the molecule is CC(=Cc1cnn(C)c1C)CCl. The van der Waals surface area contributed by atoms with Crippen LogP contribution in [0.4, 0.5) is 0 Å². The van der Waals surface area contributed by atoms with Crippen molar-refractivity contribution in [3.63, 3.8) is 0 Å². The molecule has 0 aliphatic heterocycles. The number of aryl methyl sites for hydroxylation is 1. The van der Waals surface area contributed by atoms with Crippen LogP contribution >= 0.6 is 11.6 Å². The number of allylic oxidation sites excluding steroid dienone is 1. The lowest BCUT2D eigenvalue weighted by Gasteiger charge is -1.95. The van der Waals surface area contributed by atoms with Gasteiger partial charge in [0.25, 0.3) is 0 Å². The summed E-state index contributed by atoms with van der Waals surface area (Å²) in [6, 6.07) is 0. The molecular weight excluding hydrogens is 172 g/mol. The Kier molecular flexibility index (Phi) is 2.93. The minimum atomic E-state index is 0.578. The first-order valence-corrected chi connectivity index (χ1v) is 4.40. The topological polar surface area (TPSA) is 17.8 Å². The highest BCUT2D eigenvalue weighted by Gasteiger charge is 1.99. The van der Waals surface area contributed by atoms with Gasteiger partial charge in [0.2, 0.25) is 0 Å². The molecule has 0 bridgehead atoms. The van der Waals surface area contributed by atoms with E-state index in [1.165, 1.54) is 5.69 Å². The number of hydrogen-bond donors (Lipinski definition) is 0. The number of nitrogens with zero attached hydrogens (tertiary/aromatic N) is 2. The summed E-state index contributed by atoms with van der Waals surface area (Å²) in [7, 11) is 1.93. The molecule has 3 heteroatoms. The van der Waals surface area contributed by atoms with E-state index in [1.54, 1.807) is 0 Å².